The number of carbonyl (C=O) groups excluding carboxylic acids is 2. The zero-order chi connectivity index (χ0) is 16.8. The Bertz CT molecular complexity index is 370. The molecule has 1 aliphatic heterocycles. The van der Waals surface area contributed by atoms with Gasteiger partial charge in [0.1, 0.15) is 0 Å². The monoisotopic (exact) mass is 311 g/mol. The first-order valence-electron chi connectivity index (χ1n) is 8.67. The topological polar surface area (TPSA) is 75.4 Å². The van der Waals surface area contributed by atoms with E-state index in [1.54, 1.807) is 0 Å². The molecule has 1 heterocycles. The maximum absolute atomic E-state index is 12.9. The summed E-state index contributed by atoms with van der Waals surface area (Å²) in [6.07, 6.45) is 3.63. The fraction of sp³-hybridized carbons (Fsp3) is 0.882. The van der Waals surface area contributed by atoms with Gasteiger partial charge in [0.15, 0.2) is 0 Å². The zero-order valence-electron chi connectivity index (χ0n) is 14.7. The van der Waals surface area contributed by atoms with Crippen molar-refractivity contribution in [3.8, 4) is 0 Å². The van der Waals surface area contributed by atoms with Gasteiger partial charge in [-0.15, -0.1) is 0 Å². The van der Waals surface area contributed by atoms with E-state index in [0.717, 1.165) is 38.8 Å². The molecule has 1 saturated heterocycles. The molecule has 1 unspecified atom stereocenters. The molecule has 0 aromatic rings. The van der Waals surface area contributed by atoms with Crippen LogP contribution < -0.4 is 11.1 Å². The van der Waals surface area contributed by atoms with Gasteiger partial charge in [-0.25, -0.2) is 0 Å². The van der Waals surface area contributed by atoms with E-state index in [1.807, 2.05) is 32.6 Å². The molecular formula is C17H33N3O2. The molecule has 1 rings (SSSR count). The first-order valence-corrected chi connectivity index (χ1v) is 8.67. The molecule has 5 nitrogen and oxygen atoms in total. The third-order valence-corrected chi connectivity index (χ3v) is 5.09. The molecule has 5 heteroatoms. The molecule has 0 aromatic heterocycles. The van der Waals surface area contributed by atoms with E-state index in [9.17, 15) is 9.59 Å². The number of likely N-dealkylation sites (tertiary alicyclic amines) is 1. The Kier molecular flexibility index (Phi) is 7.33. The number of carbonyl (C=O) groups is 2. The number of hydrogen-bond acceptors (Lipinski definition) is 3. The molecule has 2 amide bonds. The van der Waals surface area contributed by atoms with E-state index in [-0.39, 0.29) is 17.7 Å². The lowest BCUT2D eigenvalue weighted by atomic mass is 9.80. The maximum Gasteiger partial charge on any atom is 0.230 e. The van der Waals surface area contributed by atoms with Crippen LogP contribution in [0.2, 0.25) is 0 Å². The second-order valence-electron chi connectivity index (χ2n) is 6.85. The van der Waals surface area contributed by atoms with Gasteiger partial charge >= 0.3 is 0 Å². The van der Waals surface area contributed by atoms with Gasteiger partial charge in [-0.1, -0.05) is 27.7 Å². The van der Waals surface area contributed by atoms with Crippen LogP contribution in [0.3, 0.4) is 0 Å². The summed E-state index contributed by atoms with van der Waals surface area (Å²) in [5.74, 6) is 0.637. The Hall–Kier alpha value is -1.10. The molecule has 0 spiro atoms. The van der Waals surface area contributed by atoms with Crippen LogP contribution in [0.1, 0.15) is 53.4 Å². The molecule has 0 bridgehead atoms. The number of nitrogens with one attached hydrogen (secondary N) is 1. The van der Waals surface area contributed by atoms with Gasteiger partial charge < -0.3 is 16.0 Å². The Morgan fingerprint density at radius 2 is 1.95 bits per heavy atom. The van der Waals surface area contributed by atoms with Crippen molar-refractivity contribution in [1.82, 2.24) is 10.2 Å². The standard InChI is InChI=1S/C17H33N3O2/c1-5-17(6-2,12-18)16(22)20-9-7-8-14(11-20)10-19-15(21)13(3)4/h13-14H,5-12,18H2,1-4H3,(H,19,21). The van der Waals surface area contributed by atoms with E-state index in [1.165, 1.54) is 0 Å². The second-order valence-corrected chi connectivity index (χ2v) is 6.85. The Morgan fingerprint density at radius 1 is 1.32 bits per heavy atom. The predicted molar refractivity (Wildman–Crippen MR) is 89.2 cm³/mol. The quantitative estimate of drug-likeness (QED) is 0.752. The average Bonchev–Trinajstić information content (AvgIpc) is 2.54. The number of amides is 2. The van der Waals surface area contributed by atoms with Crippen molar-refractivity contribution in [3.63, 3.8) is 0 Å². The van der Waals surface area contributed by atoms with E-state index in [0.29, 0.717) is 19.0 Å². The molecule has 1 fully saturated rings. The number of rotatable bonds is 7. The van der Waals surface area contributed by atoms with Crippen molar-refractivity contribution in [2.45, 2.75) is 53.4 Å². The maximum atomic E-state index is 12.9. The zero-order valence-corrected chi connectivity index (χ0v) is 14.7. The van der Waals surface area contributed by atoms with Crippen LogP contribution in [0.4, 0.5) is 0 Å². The Balaban J connectivity index is 2.62. The summed E-state index contributed by atoms with van der Waals surface area (Å²) < 4.78 is 0. The molecule has 22 heavy (non-hydrogen) atoms. The van der Waals surface area contributed by atoms with Crippen LogP contribution in [-0.2, 0) is 9.59 Å². The van der Waals surface area contributed by atoms with Gasteiger partial charge in [0.05, 0.1) is 5.41 Å². The molecule has 128 valence electrons. The highest BCUT2D eigenvalue weighted by molar-refractivity contribution is 5.83. The van der Waals surface area contributed by atoms with Crippen LogP contribution in [0.15, 0.2) is 0 Å². The highest BCUT2D eigenvalue weighted by Crippen LogP contribution is 2.30. The number of piperidine rings is 1. The summed E-state index contributed by atoms with van der Waals surface area (Å²) in [4.78, 5) is 26.5. The summed E-state index contributed by atoms with van der Waals surface area (Å²) in [7, 11) is 0. The highest BCUT2D eigenvalue weighted by Gasteiger charge is 2.38. The summed E-state index contributed by atoms with van der Waals surface area (Å²) in [6.45, 7) is 10.5. The van der Waals surface area contributed by atoms with Crippen molar-refractivity contribution in [2.75, 3.05) is 26.2 Å². The van der Waals surface area contributed by atoms with Gasteiger partial charge in [0, 0.05) is 32.1 Å². The molecule has 0 radical (unpaired) electrons. The van der Waals surface area contributed by atoms with Crippen LogP contribution in [-0.4, -0.2) is 42.9 Å². The number of nitrogens with zero attached hydrogens (tertiary/aromatic N) is 1. The minimum atomic E-state index is -0.414. The van der Waals surface area contributed by atoms with Crippen LogP contribution >= 0.6 is 0 Å². The minimum Gasteiger partial charge on any atom is -0.356 e. The van der Waals surface area contributed by atoms with Crippen molar-refractivity contribution in [2.24, 2.45) is 23.0 Å². The SMILES string of the molecule is CCC(CC)(CN)C(=O)N1CCCC(CNC(=O)C(C)C)C1. The van der Waals surface area contributed by atoms with Crippen molar-refractivity contribution in [3.05, 3.63) is 0 Å². The van der Waals surface area contributed by atoms with Crippen LogP contribution in [0, 0.1) is 17.3 Å². The van der Waals surface area contributed by atoms with Gasteiger partial charge in [-0.2, -0.15) is 0 Å². The summed E-state index contributed by atoms with van der Waals surface area (Å²) in [5, 5.41) is 2.99. The van der Waals surface area contributed by atoms with Crippen molar-refractivity contribution < 1.29 is 9.59 Å². The fourth-order valence-corrected chi connectivity index (χ4v) is 3.13. The van der Waals surface area contributed by atoms with Gasteiger partial charge in [0.2, 0.25) is 11.8 Å². The average molecular weight is 311 g/mol. The molecular weight excluding hydrogens is 278 g/mol. The van der Waals surface area contributed by atoms with E-state index >= 15 is 0 Å². The summed E-state index contributed by atoms with van der Waals surface area (Å²) in [6, 6.07) is 0. The molecule has 0 aliphatic carbocycles. The smallest absolute Gasteiger partial charge is 0.230 e. The van der Waals surface area contributed by atoms with Gasteiger partial charge in [-0.05, 0) is 31.6 Å². The predicted octanol–water partition coefficient (Wildman–Crippen LogP) is 1.76. The lowest BCUT2D eigenvalue weighted by molar-refractivity contribution is -0.144. The van der Waals surface area contributed by atoms with Crippen LogP contribution in [0.5, 0.6) is 0 Å². The van der Waals surface area contributed by atoms with Gasteiger partial charge in [0.25, 0.3) is 0 Å². The summed E-state index contributed by atoms with van der Waals surface area (Å²) >= 11 is 0. The molecule has 1 atom stereocenters. The normalized spacial score (nSPS) is 19.4. The first kappa shape index (κ1) is 18.9. The van der Waals surface area contributed by atoms with Crippen molar-refractivity contribution in [1.29, 1.82) is 0 Å². The third kappa shape index (κ3) is 4.45. The first-order chi connectivity index (χ1) is 10.4. The summed E-state index contributed by atoms with van der Waals surface area (Å²) in [5.41, 5.74) is 5.48. The Labute approximate surface area is 135 Å². The largest absolute Gasteiger partial charge is 0.356 e. The molecule has 1 aliphatic rings. The van der Waals surface area contributed by atoms with E-state index in [4.69, 9.17) is 5.73 Å². The third-order valence-electron chi connectivity index (χ3n) is 5.09. The minimum absolute atomic E-state index is 0.00592. The molecule has 0 saturated carbocycles. The highest BCUT2D eigenvalue weighted by atomic mass is 16.2. The Morgan fingerprint density at radius 3 is 2.45 bits per heavy atom. The van der Waals surface area contributed by atoms with Gasteiger partial charge in [-0.3, -0.25) is 9.59 Å². The van der Waals surface area contributed by atoms with E-state index in [2.05, 4.69) is 5.32 Å². The number of hydrogen-bond donors (Lipinski definition) is 2. The van der Waals surface area contributed by atoms with Crippen LogP contribution in [0.25, 0.3) is 0 Å². The lowest BCUT2D eigenvalue weighted by Gasteiger charge is -2.39. The number of nitrogens with two attached hydrogens (primary N) is 1. The van der Waals surface area contributed by atoms with E-state index < -0.39 is 5.41 Å². The molecule has 3 N–H and O–H groups in total. The second kappa shape index (κ2) is 8.51. The van der Waals surface area contributed by atoms with Crippen molar-refractivity contribution >= 4 is 11.8 Å². The fourth-order valence-electron chi connectivity index (χ4n) is 3.13. The molecule has 0 aromatic carbocycles. The lowest BCUT2D eigenvalue weighted by Crippen LogP contribution is -2.52.